The van der Waals surface area contributed by atoms with Gasteiger partial charge in [0, 0.05) is 5.56 Å². The number of carbonyl (C=O) groups is 3. The SMILES string of the molecule is CCc1ccccc1N1C(=O)S/C(=C/c2ccccc2OC(CC)C(=O)O)C1=O. The Morgan fingerprint density at radius 3 is 2.52 bits per heavy atom. The molecule has 0 spiro atoms. The van der Waals surface area contributed by atoms with Crippen molar-refractivity contribution >= 4 is 40.6 Å². The van der Waals surface area contributed by atoms with Crippen molar-refractivity contribution in [1.82, 2.24) is 0 Å². The third-order valence-electron chi connectivity index (χ3n) is 4.53. The molecule has 1 heterocycles. The molecule has 29 heavy (non-hydrogen) atoms. The van der Waals surface area contributed by atoms with E-state index < -0.39 is 18.0 Å². The Hall–Kier alpha value is -3.06. The number of rotatable bonds is 7. The summed E-state index contributed by atoms with van der Waals surface area (Å²) in [5.41, 5.74) is 2.04. The van der Waals surface area contributed by atoms with Crippen LogP contribution in [0.4, 0.5) is 10.5 Å². The highest BCUT2D eigenvalue weighted by Crippen LogP contribution is 2.38. The molecule has 1 fully saturated rings. The van der Waals surface area contributed by atoms with Crippen LogP contribution in [-0.4, -0.2) is 28.3 Å². The second-order valence-corrected chi connectivity index (χ2v) is 7.38. The van der Waals surface area contributed by atoms with Crippen LogP contribution in [0.25, 0.3) is 6.08 Å². The smallest absolute Gasteiger partial charge is 0.344 e. The molecule has 1 saturated heterocycles. The maximum Gasteiger partial charge on any atom is 0.344 e. The predicted molar refractivity (Wildman–Crippen MR) is 113 cm³/mol. The molecule has 1 aliphatic heterocycles. The van der Waals surface area contributed by atoms with Gasteiger partial charge in [-0.3, -0.25) is 9.59 Å². The maximum absolute atomic E-state index is 13.0. The van der Waals surface area contributed by atoms with Gasteiger partial charge >= 0.3 is 5.97 Å². The molecule has 2 aromatic rings. The van der Waals surface area contributed by atoms with Crippen LogP contribution in [0.3, 0.4) is 0 Å². The van der Waals surface area contributed by atoms with E-state index in [1.807, 2.05) is 19.1 Å². The molecule has 7 heteroatoms. The summed E-state index contributed by atoms with van der Waals surface area (Å²) >= 11 is 0.857. The van der Waals surface area contributed by atoms with Crippen LogP contribution < -0.4 is 9.64 Å². The number of thioether (sulfide) groups is 1. The second-order valence-electron chi connectivity index (χ2n) is 6.39. The average Bonchev–Trinajstić information content (AvgIpc) is 2.99. The number of para-hydroxylation sites is 2. The molecular weight excluding hydrogens is 390 g/mol. The van der Waals surface area contributed by atoms with Gasteiger partial charge in [-0.25, -0.2) is 9.69 Å². The lowest BCUT2D eigenvalue weighted by Crippen LogP contribution is -2.28. The Morgan fingerprint density at radius 2 is 1.83 bits per heavy atom. The number of carboxylic acids is 1. The third kappa shape index (κ3) is 4.35. The first-order valence-electron chi connectivity index (χ1n) is 9.30. The minimum Gasteiger partial charge on any atom is -0.479 e. The van der Waals surface area contributed by atoms with E-state index in [2.05, 4.69) is 0 Å². The van der Waals surface area contributed by atoms with Gasteiger partial charge in [-0.05, 0) is 48.4 Å². The second kappa shape index (κ2) is 8.96. The van der Waals surface area contributed by atoms with Crippen molar-refractivity contribution in [3.05, 3.63) is 64.6 Å². The van der Waals surface area contributed by atoms with E-state index in [1.165, 1.54) is 4.90 Å². The lowest BCUT2D eigenvalue weighted by atomic mass is 10.1. The van der Waals surface area contributed by atoms with E-state index in [-0.39, 0.29) is 10.1 Å². The normalized spacial score (nSPS) is 16.3. The van der Waals surface area contributed by atoms with E-state index in [0.29, 0.717) is 29.8 Å². The lowest BCUT2D eigenvalue weighted by Gasteiger charge is -2.16. The maximum atomic E-state index is 13.0. The molecule has 0 aromatic heterocycles. The molecule has 2 amide bonds. The van der Waals surface area contributed by atoms with Gasteiger partial charge in [-0.1, -0.05) is 50.2 Å². The standard InChI is InChI=1S/C22H21NO5S/c1-3-14-9-5-7-11-16(14)23-20(24)19(29-22(23)27)13-15-10-6-8-12-18(15)28-17(4-2)21(25)26/h5-13,17H,3-4H2,1-2H3,(H,25,26)/b19-13+. The summed E-state index contributed by atoms with van der Waals surface area (Å²) in [6.45, 7) is 3.69. The van der Waals surface area contributed by atoms with Gasteiger partial charge in [0.2, 0.25) is 0 Å². The van der Waals surface area contributed by atoms with Gasteiger partial charge in [0.05, 0.1) is 10.6 Å². The molecule has 0 bridgehead atoms. The van der Waals surface area contributed by atoms with Crippen LogP contribution in [0.15, 0.2) is 53.4 Å². The van der Waals surface area contributed by atoms with E-state index in [0.717, 1.165) is 17.3 Å². The van der Waals surface area contributed by atoms with Crippen molar-refractivity contribution in [3.8, 4) is 5.75 Å². The zero-order valence-corrected chi connectivity index (χ0v) is 16.9. The molecule has 0 aliphatic carbocycles. The number of imide groups is 1. The number of carbonyl (C=O) groups excluding carboxylic acids is 2. The largest absolute Gasteiger partial charge is 0.479 e. The number of hydrogen-bond acceptors (Lipinski definition) is 5. The summed E-state index contributed by atoms with van der Waals surface area (Å²) in [6.07, 6.45) is 1.58. The summed E-state index contributed by atoms with van der Waals surface area (Å²) in [7, 11) is 0. The molecule has 0 saturated carbocycles. The number of nitrogens with zero attached hydrogens (tertiary/aromatic N) is 1. The zero-order chi connectivity index (χ0) is 21.0. The highest BCUT2D eigenvalue weighted by molar-refractivity contribution is 8.19. The first-order valence-corrected chi connectivity index (χ1v) is 10.1. The average molecular weight is 411 g/mol. The fourth-order valence-electron chi connectivity index (χ4n) is 3.01. The molecular formula is C22H21NO5S. The summed E-state index contributed by atoms with van der Waals surface area (Å²) in [4.78, 5) is 38.3. The fourth-order valence-corrected chi connectivity index (χ4v) is 3.84. The monoisotopic (exact) mass is 411 g/mol. The van der Waals surface area contributed by atoms with Gasteiger partial charge in [-0.2, -0.15) is 0 Å². The number of benzene rings is 2. The van der Waals surface area contributed by atoms with Crippen LogP contribution in [0.2, 0.25) is 0 Å². The van der Waals surface area contributed by atoms with Crippen LogP contribution in [0.1, 0.15) is 31.4 Å². The highest BCUT2D eigenvalue weighted by atomic mass is 32.2. The van der Waals surface area contributed by atoms with E-state index >= 15 is 0 Å². The number of hydrogen-bond donors (Lipinski definition) is 1. The summed E-state index contributed by atoms with van der Waals surface area (Å²) < 4.78 is 5.61. The van der Waals surface area contributed by atoms with E-state index in [1.54, 1.807) is 49.4 Å². The van der Waals surface area contributed by atoms with Crippen molar-refractivity contribution in [3.63, 3.8) is 0 Å². The summed E-state index contributed by atoms with van der Waals surface area (Å²) in [5, 5.41) is 8.88. The topological polar surface area (TPSA) is 83.9 Å². The molecule has 1 N–H and O–H groups in total. The first-order chi connectivity index (χ1) is 14.0. The van der Waals surface area contributed by atoms with E-state index in [9.17, 15) is 19.5 Å². The van der Waals surface area contributed by atoms with Crippen molar-refractivity contribution < 1.29 is 24.2 Å². The Balaban J connectivity index is 1.94. The van der Waals surface area contributed by atoms with Crippen molar-refractivity contribution in [2.45, 2.75) is 32.8 Å². The molecule has 0 radical (unpaired) electrons. The molecule has 1 aliphatic rings. The highest BCUT2D eigenvalue weighted by Gasteiger charge is 2.37. The van der Waals surface area contributed by atoms with Gasteiger partial charge in [0.1, 0.15) is 5.75 Å². The van der Waals surface area contributed by atoms with Crippen molar-refractivity contribution in [2.75, 3.05) is 4.90 Å². The lowest BCUT2D eigenvalue weighted by molar-refractivity contribution is -0.145. The van der Waals surface area contributed by atoms with Crippen LogP contribution >= 0.6 is 11.8 Å². The summed E-state index contributed by atoms with van der Waals surface area (Å²) in [6, 6.07) is 14.2. The first kappa shape index (κ1) is 20.7. The van der Waals surface area contributed by atoms with Crippen LogP contribution in [-0.2, 0) is 16.0 Å². The van der Waals surface area contributed by atoms with Gasteiger partial charge in [0.25, 0.3) is 11.1 Å². The Bertz CT molecular complexity index is 985. The number of aliphatic carboxylic acids is 1. The van der Waals surface area contributed by atoms with Crippen LogP contribution in [0, 0.1) is 0 Å². The number of anilines is 1. The van der Waals surface area contributed by atoms with Gasteiger partial charge < -0.3 is 9.84 Å². The van der Waals surface area contributed by atoms with Crippen molar-refractivity contribution in [2.24, 2.45) is 0 Å². The molecule has 150 valence electrons. The fraction of sp³-hybridized carbons (Fsp3) is 0.227. The quantitative estimate of drug-likeness (QED) is 0.663. The molecule has 1 unspecified atom stereocenters. The zero-order valence-electron chi connectivity index (χ0n) is 16.1. The van der Waals surface area contributed by atoms with Gasteiger partial charge in [0.15, 0.2) is 6.10 Å². The Kier molecular flexibility index (Phi) is 6.39. The molecule has 6 nitrogen and oxygen atoms in total. The van der Waals surface area contributed by atoms with Gasteiger partial charge in [-0.15, -0.1) is 0 Å². The number of carboxylic acid groups (broad SMARTS) is 1. The number of amides is 2. The molecule has 3 rings (SSSR count). The Morgan fingerprint density at radius 1 is 1.14 bits per heavy atom. The molecule has 1 atom stereocenters. The predicted octanol–water partition coefficient (Wildman–Crippen LogP) is 4.73. The van der Waals surface area contributed by atoms with E-state index in [4.69, 9.17) is 4.74 Å². The third-order valence-corrected chi connectivity index (χ3v) is 5.40. The number of aryl methyl sites for hydroxylation is 1. The summed E-state index contributed by atoms with van der Waals surface area (Å²) in [5.74, 6) is -1.11. The number of ether oxygens (including phenoxy) is 1. The molecule has 2 aromatic carbocycles. The minimum absolute atomic E-state index is 0.264. The Labute approximate surface area is 173 Å². The minimum atomic E-state index is -1.06. The van der Waals surface area contributed by atoms with Crippen molar-refractivity contribution in [1.29, 1.82) is 0 Å². The van der Waals surface area contributed by atoms with Crippen LogP contribution in [0.5, 0.6) is 5.75 Å².